The molecule has 0 unspecified atom stereocenters. The van der Waals surface area contributed by atoms with Gasteiger partial charge in [-0.15, -0.1) is 0 Å². The van der Waals surface area contributed by atoms with Crippen LogP contribution < -0.4 is 0 Å². The number of nitrogens with zero attached hydrogens (tertiary/aromatic N) is 3. The molecule has 2 aromatic carbocycles. The van der Waals surface area contributed by atoms with E-state index in [9.17, 15) is 18.8 Å². The van der Waals surface area contributed by atoms with E-state index in [1.54, 1.807) is 30.3 Å². The summed E-state index contributed by atoms with van der Waals surface area (Å²) in [5.74, 6) is -1.33. The van der Waals surface area contributed by atoms with Gasteiger partial charge in [-0.3, -0.25) is 9.59 Å². The van der Waals surface area contributed by atoms with Crippen LogP contribution in [0.2, 0.25) is 0 Å². The van der Waals surface area contributed by atoms with Crippen molar-refractivity contribution in [3.05, 3.63) is 70.5 Å². The number of carbonyl (C=O) groups is 3. The van der Waals surface area contributed by atoms with Gasteiger partial charge >= 0.3 is 5.97 Å². The number of hydrogen-bond acceptors (Lipinski definition) is 5. The molecule has 0 saturated carbocycles. The lowest BCUT2D eigenvalue weighted by Crippen LogP contribution is -2.56. The summed E-state index contributed by atoms with van der Waals surface area (Å²) in [7, 11) is 4.02. The van der Waals surface area contributed by atoms with E-state index in [2.05, 4.69) is 4.90 Å². The molecule has 8 heteroatoms. The normalized spacial score (nSPS) is 21.1. The zero-order chi connectivity index (χ0) is 24.0. The molecule has 2 amide bonds. The van der Waals surface area contributed by atoms with Crippen molar-refractivity contribution in [2.24, 2.45) is 5.92 Å². The van der Waals surface area contributed by atoms with Crippen molar-refractivity contribution in [3.63, 3.8) is 0 Å². The van der Waals surface area contributed by atoms with Crippen molar-refractivity contribution in [1.29, 1.82) is 0 Å². The Balaban J connectivity index is 1.27. The van der Waals surface area contributed by atoms with E-state index in [4.69, 9.17) is 4.74 Å². The number of benzene rings is 2. The third-order valence-electron chi connectivity index (χ3n) is 6.86. The molecule has 7 nitrogen and oxygen atoms in total. The summed E-state index contributed by atoms with van der Waals surface area (Å²) < 4.78 is 19.9. The van der Waals surface area contributed by atoms with Crippen LogP contribution in [0.15, 0.2) is 42.5 Å². The second-order valence-electron chi connectivity index (χ2n) is 9.28. The number of likely N-dealkylation sites (tertiary alicyclic amines) is 2. The predicted molar refractivity (Wildman–Crippen MR) is 124 cm³/mol. The van der Waals surface area contributed by atoms with Crippen LogP contribution in [0.4, 0.5) is 4.39 Å². The maximum atomic E-state index is 14.5. The highest BCUT2D eigenvalue weighted by molar-refractivity contribution is 6.06. The van der Waals surface area contributed by atoms with Crippen molar-refractivity contribution in [3.8, 4) is 0 Å². The Morgan fingerprint density at radius 2 is 1.79 bits per heavy atom. The molecule has 0 radical (unpaired) electrons. The second kappa shape index (κ2) is 8.68. The first-order valence-electron chi connectivity index (χ1n) is 11.4. The molecule has 5 rings (SSSR count). The lowest BCUT2D eigenvalue weighted by molar-refractivity contribution is -0.138. The van der Waals surface area contributed by atoms with Gasteiger partial charge in [-0.05, 0) is 50.4 Å². The van der Waals surface area contributed by atoms with Crippen LogP contribution >= 0.6 is 0 Å². The number of hydrogen-bond donors (Lipinski definition) is 0. The molecule has 2 fully saturated rings. The first-order chi connectivity index (χ1) is 16.3. The highest BCUT2D eigenvalue weighted by Gasteiger charge is 2.40. The van der Waals surface area contributed by atoms with Crippen molar-refractivity contribution in [2.75, 3.05) is 40.3 Å². The van der Waals surface area contributed by atoms with Gasteiger partial charge in [0, 0.05) is 37.8 Å². The zero-order valence-corrected chi connectivity index (χ0v) is 19.2. The first kappa shape index (κ1) is 22.3. The van der Waals surface area contributed by atoms with Crippen LogP contribution in [0.5, 0.6) is 0 Å². The van der Waals surface area contributed by atoms with Gasteiger partial charge in [0.15, 0.2) is 0 Å². The molecule has 2 aromatic rings. The number of amides is 2. The van der Waals surface area contributed by atoms with Gasteiger partial charge < -0.3 is 19.4 Å². The molecule has 1 atom stereocenters. The van der Waals surface area contributed by atoms with Gasteiger partial charge in [0.05, 0.1) is 17.0 Å². The number of fused-ring (bicyclic) bond motifs is 1. The standard InChI is InChI=1S/C26H26FN3O4/c1-28(2)18-9-10-29(15-18)24(31)17-13-30(14-17)25(32)21-11-16(7-8-22(21)27)12-23-19-5-3-4-6-20(19)26(33)34-23/h3-8,11-12,17-18H,9-10,13-15H2,1-2H3/b23-12-/t18-/m0/s1. The summed E-state index contributed by atoms with van der Waals surface area (Å²) in [4.78, 5) is 43.3. The monoisotopic (exact) mass is 463 g/mol. The molecule has 3 heterocycles. The number of esters is 1. The number of halogens is 1. The lowest BCUT2D eigenvalue weighted by Gasteiger charge is -2.40. The topological polar surface area (TPSA) is 70.2 Å². The van der Waals surface area contributed by atoms with Gasteiger partial charge in [0.25, 0.3) is 5.91 Å². The maximum absolute atomic E-state index is 14.5. The molecule has 0 aliphatic carbocycles. The van der Waals surface area contributed by atoms with E-state index in [1.165, 1.54) is 23.1 Å². The SMILES string of the molecule is CN(C)[C@H]1CCN(C(=O)C2CN(C(=O)c3cc(/C=C4\OC(=O)c5ccccc54)ccc3F)C2)C1. The molecule has 0 N–H and O–H groups in total. The maximum Gasteiger partial charge on any atom is 0.344 e. The highest BCUT2D eigenvalue weighted by atomic mass is 19.1. The van der Waals surface area contributed by atoms with Crippen molar-refractivity contribution in [1.82, 2.24) is 14.7 Å². The summed E-state index contributed by atoms with van der Waals surface area (Å²) in [6.45, 7) is 2.01. The Kier molecular flexibility index (Phi) is 5.69. The summed E-state index contributed by atoms with van der Waals surface area (Å²) in [5, 5.41) is 0. The van der Waals surface area contributed by atoms with E-state index in [0.717, 1.165) is 13.0 Å². The summed E-state index contributed by atoms with van der Waals surface area (Å²) in [5.41, 5.74) is 1.61. The number of cyclic esters (lactones) is 1. The molecule has 34 heavy (non-hydrogen) atoms. The Morgan fingerprint density at radius 3 is 2.50 bits per heavy atom. The minimum absolute atomic E-state index is 0.0632. The molecule has 0 spiro atoms. The molecule has 2 saturated heterocycles. The fraction of sp³-hybridized carbons (Fsp3) is 0.346. The Morgan fingerprint density at radius 1 is 1.06 bits per heavy atom. The molecule has 0 bridgehead atoms. The van der Waals surface area contributed by atoms with E-state index < -0.39 is 17.7 Å². The van der Waals surface area contributed by atoms with E-state index in [0.29, 0.717) is 35.0 Å². The molecular formula is C26H26FN3O4. The van der Waals surface area contributed by atoms with Gasteiger partial charge in [-0.1, -0.05) is 24.3 Å². The minimum Gasteiger partial charge on any atom is -0.422 e. The number of likely N-dealkylation sites (N-methyl/N-ethyl adjacent to an activating group) is 1. The fourth-order valence-electron chi connectivity index (χ4n) is 4.73. The molecule has 3 aliphatic heterocycles. The zero-order valence-electron chi connectivity index (χ0n) is 19.2. The summed E-state index contributed by atoms with van der Waals surface area (Å²) in [6, 6.07) is 11.6. The van der Waals surface area contributed by atoms with Crippen LogP contribution in [0.3, 0.4) is 0 Å². The number of carbonyl (C=O) groups excluding carboxylic acids is 3. The second-order valence-corrected chi connectivity index (χ2v) is 9.28. The van der Waals surface area contributed by atoms with Gasteiger partial charge in [-0.2, -0.15) is 0 Å². The number of ether oxygens (including phenoxy) is 1. The Hall–Kier alpha value is -3.52. The van der Waals surface area contributed by atoms with Crippen molar-refractivity contribution >= 4 is 29.6 Å². The third-order valence-corrected chi connectivity index (χ3v) is 6.86. The fourth-order valence-corrected chi connectivity index (χ4v) is 4.73. The molecule has 176 valence electrons. The average molecular weight is 464 g/mol. The largest absolute Gasteiger partial charge is 0.422 e. The summed E-state index contributed by atoms with van der Waals surface area (Å²) in [6.07, 6.45) is 2.57. The van der Waals surface area contributed by atoms with E-state index >= 15 is 0 Å². The number of rotatable bonds is 4. The van der Waals surface area contributed by atoms with Crippen LogP contribution in [-0.4, -0.2) is 78.8 Å². The van der Waals surface area contributed by atoms with Crippen LogP contribution in [-0.2, 0) is 9.53 Å². The van der Waals surface area contributed by atoms with Gasteiger partial charge in [0.2, 0.25) is 5.91 Å². The molecular weight excluding hydrogens is 437 g/mol. The van der Waals surface area contributed by atoms with Crippen LogP contribution in [0.25, 0.3) is 11.8 Å². The molecule has 3 aliphatic rings. The average Bonchev–Trinajstić information content (AvgIpc) is 3.40. The third kappa shape index (κ3) is 3.98. The molecule has 0 aromatic heterocycles. The van der Waals surface area contributed by atoms with Crippen LogP contribution in [0.1, 0.15) is 38.3 Å². The van der Waals surface area contributed by atoms with Gasteiger partial charge in [-0.25, -0.2) is 9.18 Å². The van der Waals surface area contributed by atoms with Crippen LogP contribution in [0, 0.1) is 11.7 Å². The Labute approximate surface area is 197 Å². The van der Waals surface area contributed by atoms with E-state index in [1.807, 2.05) is 19.0 Å². The Bertz CT molecular complexity index is 1200. The lowest BCUT2D eigenvalue weighted by atomic mass is 9.96. The highest BCUT2D eigenvalue weighted by Crippen LogP contribution is 2.32. The van der Waals surface area contributed by atoms with Crippen molar-refractivity contribution < 1.29 is 23.5 Å². The van der Waals surface area contributed by atoms with E-state index in [-0.39, 0.29) is 30.5 Å². The predicted octanol–water partition coefficient (Wildman–Crippen LogP) is 2.73. The minimum atomic E-state index is -0.626. The first-order valence-corrected chi connectivity index (χ1v) is 11.4. The van der Waals surface area contributed by atoms with Gasteiger partial charge in [0.1, 0.15) is 11.6 Å². The quantitative estimate of drug-likeness (QED) is 0.653. The smallest absolute Gasteiger partial charge is 0.344 e. The summed E-state index contributed by atoms with van der Waals surface area (Å²) >= 11 is 0. The van der Waals surface area contributed by atoms with Crippen molar-refractivity contribution in [2.45, 2.75) is 12.5 Å².